The average Bonchev–Trinajstić information content (AvgIpc) is 2.80. The first-order valence-corrected chi connectivity index (χ1v) is 7.08. The van der Waals surface area contributed by atoms with Gasteiger partial charge in [0.1, 0.15) is 6.42 Å². The van der Waals surface area contributed by atoms with Crippen molar-refractivity contribution in [3.63, 3.8) is 0 Å². The van der Waals surface area contributed by atoms with E-state index in [2.05, 4.69) is 0 Å². The molecular formula is C18H16N2O2. The van der Waals surface area contributed by atoms with Gasteiger partial charge in [0.2, 0.25) is 0 Å². The van der Waals surface area contributed by atoms with Gasteiger partial charge in [0, 0.05) is 12.6 Å². The van der Waals surface area contributed by atoms with Crippen molar-refractivity contribution in [2.45, 2.75) is 6.42 Å². The lowest BCUT2D eigenvalue weighted by Crippen LogP contribution is -2.36. The van der Waals surface area contributed by atoms with Crippen LogP contribution in [0, 0.1) is 0 Å². The summed E-state index contributed by atoms with van der Waals surface area (Å²) in [6.45, 7) is 0. The molecular weight excluding hydrogens is 276 g/mol. The zero-order chi connectivity index (χ0) is 15.5. The zero-order valence-electron chi connectivity index (χ0n) is 12.3. The molecule has 1 fully saturated rings. The zero-order valence-corrected chi connectivity index (χ0v) is 12.3. The maximum atomic E-state index is 12.2. The van der Waals surface area contributed by atoms with Gasteiger partial charge in [-0.25, -0.2) is 10.0 Å². The Labute approximate surface area is 129 Å². The number of carbonyl (C=O) groups is 2. The standard InChI is InChI=1S/C18H16N2O2/c1-19-17(21)13-18(22)20(19)16(15-10-6-3-7-11-15)12-14-8-4-2-5-9-14/h2-12H,13H2,1H3/b16-12+. The first kappa shape index (κ1) is 14.1. The molecule has 4 nitrogen and oxygen atoms in total. The maximum Gasteiger partial charge on any atom is 0.255 e. The fraction of sp³-hybridized carbons (Fsp3) is 0.111. The fourth-order valence-corrected chi connectivity index (χ4v) is 2.48. The Balaban J connectivity index is 2.10. The quantitative estimate of drug-likeness (QED) is 0.644. The molecule has 0 aliphatic carbocycles. The molecule has 0 bridgehead atoms. The van der Waals surface area contributed by atoms with Crippen LogP contribution in [-0.2, 0) is 9.59 Å². The monoisotopic (exact) mass is 292 g/mol. The van der Waals surface area contributed by atoms with Gasteiger partial charge in [-0.3, -0.25) is 9.59 Å². The van der Waals surface area contributed by atoms with Gasteiger partial charge in [0.05, 0.1) is 5.70 Å². The first-order chi connectivity index (χ1) is 10.7. The Kier molecular flexibility index (Phi) is 3.74. The Morgan fingerprint density at radius 3 is 2.05 bits per heavy atom. The molecule has 1 aliphatic rings. The van der Waals surface area contributed by atoms with E-state index in [0.29, 0.717) is 5.70 Å². The highest BCUT2D eigenvalue weighted by molar-refractivity contribution is 6.07. The Hall–Kier alpha value is -2.88. The van der Waals surface area contributed by atoms with Crippen molar-refractivity contribution in [2.24, 2.45) is 0 Å². The third kappa shape index (κ3) is 2.63. The molecule has 4 heteroatoms. The minimum absolute atomic E-state index is 0.0878. The molecule has 0 unspecified atom stereocenters. The molecule has 1 aliphatic heterocycles. The predicted molar refractivity (Wildman–Crippen MR) is 85.0 cm³/mol. The van der Waals surface area contributed by atoms with Crippen LogP contribution in [0.2, 0.25) is 0 Å². The van der Waals surface area contributed by atoms with Crippen molar-refractivity contribution in [2.75, 3.05) is 7.05 Å². The van der Waals surface area contributed by atoms with E-state index < -0.39 is 0 Å². The van der Waals surface area contributed by atoms with Crippen molar-refractivity contribution >= 4 is 23.6 Å². The van der Waals surface area contributed by atoms with Crippen molar-refractivity contribution in [3.8, 4) is 0 Å². The normalized spacial score (nSPS) is 15.6. The first-order valence-electron chi connectivity index (χ1n) is 7.08. The highest BCUT2D eigenvalue weighted by Gasteiger charge is 2.35. The number of hydrogen-bond donors (Lipinski definition) is 0. The van der Waals surface area contributed by atoms with E-state index in [1.165, 1.54) is 10.0 Å². The second-order valence-corrected chi connectivity index (χ2v) is 5.11. The number of hydrogen-bond acceptors (Lipinski definition) is 2. The number of nitrogens with zero attached hydrogens (tertiary/aromatic N) is 2. The number of amides is 2. The van der Waals surface area contributed by atoms with E-state index in [4.69, 9.17) is 0 Å². The van der Waals surface area contributed by atoms with E-state index in [9.17, 15) is 9.59 Å². The summed E-state index contributed by atoms with van der Waals surface area (Å²) in [6.07, 6.45) is 1.83. The molecule has 0 spiro atoms. The summed E-state index contributed by atoms with van der Waals surface area (Å²) in [5, 5.41) is 2.83. The average molecular weight is 292 g/mol. The molecule has 3 rings (SSSR count). The summed E-state index contributed by atoms with van der Waals surface area (Å²) in [6, 6.07) is 19.4. The van der Waals surface area contributed by atoms with E-state index in [1.807, 2.05) is 66.7 Å². The summed E-state index contributed by atoms with van der Waals surface area (Å²) >= 11 is 0. The topological polar surface area (TPSA) is 40.6 Å². The Morgan fingerprint density at radius 1 is 0.909 bits per heavy atom. The molecule has 0 N–H and O–H groups in total. The van der Waals surface area contributed by atoms with Crippen molar-refractivity contribution < 1.29 is 9.59 Å². The third-order valence-corrected chi connectivity index (χ3v) is 3.60. The molecule has 2 aromatic rings. The van der Waals surface area contributed by atoms with E-state index in [1.54, 1.807) is 7.05 Å². The Morgan fingerprint density at radius 2 is 1.50 bits per heavy atom. The van der Waals surface area contributed by atoms with Gasteiger partial charge in [-0.1, -0.05) is 60.7 Å². The highest BCUT2D eigenvalue weighted by Crippen LogP contribution is 2.28. The molecule has 0 aromatic heterocycles. The van der Waals surface area contributed by atoms with Crippen LogP contribution >= 0.6 is 0 Å². The van der Waals surface area contributed by atoms with E-state index >= 15 is 0 Å². The summed E-state index contributed by atoms with van der Waals surface area (Å²) < 4.78 is 0. The van der Waals surface area contributed by atoms with Crippen LogP contribution in [0.3, 0.4) is 0 Å². The lowest BCUT2D eigenvalue weighted by Gasteiger charge is -2.27. The minimum atomic E-state index is -0.210. The van der Waals surface area contributed by atoms with E-state index in [-0.39, 0.29) is 18.2 Å². The molecule has 0 atom stereocenters. The summed E-state index contributed by atoms with van der Waals surface area (Å²) in [5.74, 6) is -0.404. The number of carbonyl (C=O) groups excluding carboxylic acids is 2. The van der Waals surface area contributed by atoms with Gasteiger partial charge in [-0.15, -0.1) is 0 Å². The van der Waals surface area contributed by atoms with Crippen LogP contribution in [0.25, 0.3) is 11.8 Å². The van der Waals surface area contributed by atoms with E-state index in [0.717, 1.165) is 11.1 Å². The molecule has 2 aromatic carbocycles. The molecule has 2 amide bonds. The molecule has 1 saturated heterocycles. The number of benzene rings is 2. The Bertz CT molecular complexity index is 723. The molecule has 0 saturated carbocycles. The van der Waals surface area contributed by atoms with Gasteiger partial charge >= 0.3 is 0 Å². The molecule has 110 valence electrons. The second kappa shape index (κ2) is 5.85. The summed E-state index contributed by atoms with van der Waals surface area (Å²) in [4.78, 5) is 24.0. The maximum absolute atomic E-state index is 12.2. The van der Waals surface area contributed by atoms with Crippen LogP contribution in [0.5, 0.6) is 0 Å². The fourth-order valence-electron chi connectivity index (χ4n) is 2.48. The van der Waals surface area contributed by atoms with Gasteiger partial charge in [0.15, 0.2) is 0 Å². The number of rotatable bonds is 3. The summed E-state index contributed by atoms with van der Waals surface area (Å²) in [7, 11) is 1.62. The second-order valence-electron chi connectivity index (χ2n) is 5.11. The van der Waals surface area contributed by atoms with Crippen LogP contribution in [0.4, 0.5) is 0 Å². The SMILES string of the molecule is CN1C(=O)CC(=O)N1/C(=C/c1ccccc1)c1ccccc1. The van der Waals surface area contributed by atoms with Crippen LogP contribution in [-0.4, -0.2) is 28.9 Å². The smallest absolute Gasteiger partial charge is 0.255 e. The van der Waals surface area contributed by atoms with Gasteiger partial charge in [-0.05, 0) is 11.6 Å². The van der Waals surface area contributed by atoms with Crippen molar-refractivity contribution in [1.82, 2.24) is 10.0 Å². The van der Waals surface area contributed by atoms with Crippen molar-refractivity contribution in [3.05, 3.63) is 71.8 Å². The minimum Gasteiger partial charge on any atom is -0.272 e. The van der Waals surface area contributed by atoms with Gasteiger partial charge < -0.3 is 0 Å². The van der Waals surface area contributed by atoms with Crippen molar-refractivity contribution in [1.29, 1.82) is 0 Å². The van der Waals surface area contributed by atoms with Crippen LogP contribution < -0.4 is 0 Å². The van der Waals surface area contributed by atoms with Gasteiger partial charge in [-0.2, -0.15) is 0 Å². The lowest BCUT2D eigenvalue weighted by atomic mass is 10.1. The highest BCUT2D eigenvalue weighted by atomic mass is 16.2. The third-order valence-electron chi connectivity index (χ3n) is 3.60. The summed E-state index contributed by atoms with van der Waals surface area (Å²) in [5.41, 5.74) is 2.56. The largest absolute Gasteiger partial charge is 0.272 e. The number of hydrazine groups is 1. The molecule has 22 heavy (non-hydrogen) atoms. The van der Waals surface area contributed by atoms with Crippen LogP contribution in [0.15, 0.2) is 60.7 Å². The predicted octanol–water partition coefficient (Wildman–Crippen LogP) is 2.79. The lowest BCUT2D eigenvalue weighted by molar-refractivity contribution is -0.137. The molecule has 0 radical (unpaired) electrons. The van der Waals surface area contributed by atoms with Gasteiger partial charge in [0.25, 0.3) is 11.8 Å². The molecule has 1 heterocycles. The van der Waals surface area contributed by atoms with Crippen LogP contribution in [0.1, 0.15) is 17.5 Å².